The zero-order chi connectivity index (χ0) is 13.0. The van der Waals surface area contributed by atoms with Crippen molar-refractivity contribution in [1.82, 2.24) is 4.98 Å². The molecule has 1 heterocycles. The molecule has 4 heteroatoms. The number of nitrogens with zero attached hydrogens (tertiary/aromatic N) is 1. The average Bonchev–Trinajstić information content (AvgIpc) is 2.36. The Morgan fingerprint density at radius 3 is 2.61 bits per heavy atom. The molecule has 0 aliphatic heterocycles. The summed E-state index contributed by atoms with van der Waals surface area (Å²) in [7, 11) is 0. The highest BCUT2D eigenvalue weighted by molar-refractivity contribution is 9.10. The van der Waals surface area contributed by atoms with Crippen LogP contribution in [0.15, 0.2) is 50.9 Å². The zero-order valence-electron chi connectivity index (χ0n) is 10.2. The first kappa shape index (κ1) is 13.6. The number of halogens is 1. The summed E-state index contributed by atoms with van der Waals surface area (Å²) in [5.41, 5.74) is 7.96. The molecular formula is C14H15BrN2S. The van der Waals surface area contributed by atoms with E-state index in [1.165, 1.54) is 16.0 Å². The van der Waals surface area contributed by atoms with E-state index >= 15 is 0 Å². The van der Waals surface area contributed by atoms with Gasteiger partial charge in [0.2, 0.25) is 0 Å². The molecule has 0 fully saturated rings. The minimum absolute atomic E-state index is 0.667. The van der Waals surface area contributed by atoms with Gasteiger partial charge < -0.3 is 5.73 Å². The Morgan fingerprint density at radius 1 is 1.28 bits per heavy atom. The van der Waals surface area contributed by atoms with E-state index in [0.717, 1.165) is 15.9 Å². The van der Waals surface area contributed by atoms with Crippen molar-refractivity contribution in [3.05, 3.63) is 52.1 Å². The Bertz CT molecular complexity index is 526. The van der Waals surface area contributed by atoms with Crippen molar-refractivity contribution in [2.24, 2.45) is 5.73 Å². The van der Waals surface area contributed by atoms with Crippen molar-refractivity contribution >= 4 is 27.7 Å². The second kappa shape index (κ2) is 6.36. The Balaban J connectivity index is 2.16. The summed E-state index contributed by atoms with van der Waals surface area (Å²) in [6.45, 7) is 2.76. The van der Waals surface area contributed by atoms with Crippen molar-refractivity contribution in [3.63, 3.8) is 0 Å². The molecule has 94 valence electrons. The number of nitrogens with two attached hydrogens (primary N) is 1. The Kier molecular flexibility index (Phi) is 4.80. The first-order chi connectivity index (χ1) is 8.69. The summed E-state index contributed by atoms with van der Waals surface area (Å²) in [5.74, 6) is 0. The van der Waals surface area contributed by atoms with Crippen LogP contribution in [0, 0.1) is 6.92 Å². The van der Waals surface area contributed by atoms with E-state index in [0.29, 0.717) is 6.54 Å². The van der Waals surface area contributed by atoms with Crippen LogP contribution in [-0.4, -0.2) is 11.5 Å². The van der Waals surface area contributed by atoms with Crippen LogP contribution in [-0.2, 0) is 6.42 Å². The van der Waals surface area contributed by atoms with Gasteiger partial charge in [-0.2, -0.15) is 0 Å². The summed E-state index contributed by atoms with van der Waals surface area (Å²) in [5, 5.41) is 1.05. The standard InChI is InChI=1S/C14H15BrN2S/c1-10-8-11(6-7-16)9-17-14(10)18-13-4-2-12(15)3-5-13/h2-5,8-9H,6-7,16H2,1H3. The Hall–Kier alpha value is -0.840. The monoisotopic (exact) mass is 322 g/mol. The number of aryl methyl sites for hydroxylation is 1. The minimum atomic E-state index is 0.667. The van der Waals surface area contributed by atoms with E-state index < -0.39 is 0 Å². The molecule has 0 unspecified atom stereocenters. The molecule has 2 rings (SSSR count). The molecular weight excluding hydrogens is 308 g/mol. The highest BCUT2D eigenvalue weighted by atomic mass is 79.9. The zero-order valence-corrected chi connectivity index (χ0v) is 12.6. The molecule has 1 aromatic heterocycles. The van der Waals surface area contributed by atoms with E-state index in [-0.39, 0.29) is 0 Å². The number of hydrogen-bond acceptors (Lipinski definition) is 3. The fraction of sp³-hybridized carbons (Fsp3) is 0.214. The minimum Gasteiger partial charge on any atom is -0.330 e. The van der Waals surface area contributed by atoms with Crippen molar-refractivity contribution in [2.45, 2.75) is 23.3 Å². The SMILES string of the molecule is Cc1cc(CCN)cnc1Sc1ccc(Br)cc1. The van der Waals surface area contributed by atoms with E-state index in [1.54, 1.807) is 11.8 Å². The molecule has 2 nitrogen and oxygen atoms in total. The molecule has 0 atom stereocenters. The number of hydrogen-bond donors (Lipinski definition) is 1. The van der Waals surface area contributed by atoms with Gasteiger partial charge in [-0.25, -0.2) is 4.98 Å². The Morgan fingerprint density at radius 2 is 2.00 bits per heavy atom. The molecule has 18 heavy (non-hydrogen) atoms. The topological polar surface area (TPSA) is 38.9 Å². The lowest BCUT2D eigenvalue weighted by Gasteiger charge is -2.07. The third kappa shape index (κ3) is 3.57. The van der Waals surface area contributed by atoms with Crippen LogP contribution in [0.4, 0.5) is 0 Å². The fourth-order valence-corrected chi connectivity index (χ4v) is 2.73. The van der Waals surface area contributed by atoms with Crippen LogP contribution >= 0.6 is 27.7 Å². The number of aromatic nitrogens is 1. The van der Waals surface area contributed by atoms with E-state index in [9.17, 15) is 0 Å². The van der Waals surface area contributed by atoms with E-state index in [1.807, 2.05) is 18.3 Å². The third-order valence-corrected chi connectivity index (χ3v) is 4.21. The quantitative estimate of drug-likeness (QED) is 0.930. The number of pyridine rings is 1. The molecule has 0 aliphatic carbocycles. The second-order valence-corrected chi connectivity index (χ2v) is 6.04. The summed E-state index contributed by atoms with van der Waals surface area (Å²) >= 11 is 5.12. The van der Waals surface area contributed by atoms with Crippen LogP contribution in [0.3, 0.4) is 0 Å². The van der Waals surface area contributed by atoms with Gasteiger partial charge in [0.1, 0.15) is 5.03 Å². The first-order valence-electron chi connectivity index (χ1n) is 5.78. The van der Waals surface area contributed by atoms with Gasteiger partial charge >= 0.3 is 0 Å². The van der Waals surface area contributed by atoms with Gasteiger partial charge in [-0.05, 0) is 55.3 Å². The summed E-state index contributed by atoms with van der Waals surface area (Å²) in [6.07, 6.45) is 2.80. The van der Waals surface area contributed by atoms with Crippen LogP contribution in [0.25, 0.3) is 0 Å². The predicted octanol–water partition coefficient (Wildman–Crippen LogP) is 3.80. The fourth-order valence-electron chi connectivity index (χ4n) is 1.64. The normalized spacial score (nSPS) is 10.6. The van der Waals surface area contributed by atoms with Gasteiger partial charge in [-0.3, -0.25) is 0 Å². The molecule has 2 aromatic rings. The van der Waals surface area contributed by atoms with E-state index in [2.05, 4.69) is 46.0 Å². The largest absolute Gasteiger partial charge is 0.330 e. The highest BCUT2D eigenvalue weighted by Crippen LogP contribution is 2.29. The number of benzene rings is 1. The molecule has 0 radical (unpaired) electrons. The van der Waals surface area contributed by atoms with Gasteiger partial charge in [0.15, 0.2) is 0 Å². The van der Waals surface area contributed by atoms with Gasteiger partial charge in [0.05, 0.1) is 0 Å². The van der Waals surface area contributed by atoms with E-state index in [4.69, 9.17) is 5.73 Å². The Labute approximate surface area is 120 Å². The molecule has 0 saturated carbocycles. The molecule has 0 bridgehead atoms. The second-order valence-electron chi connectivity index (χ2n) is 4.06. The van der Waals surface area contributed by atoms with Gasteiger partial charge in [0, 0.05) is 15.6 Å². The third-order valence-electron chi connectivity index (χ3n) is 2.55. The molecule has 0 aliphatic rings. The first-order valence-corrected chi connectivity index (χ1v) is 7.39. The number of rotatable bonds is 4. The highest BCUT2D eigenvalue weighted by Gasteiger charge is 2.04. The molecule has 0 saturated heterocycles. The van der Waals surface area contributed by atoms with Gasteiger partial charge in [0.25, 0.3) is 0 Å². The summed E-state index contributed by atoms with van der Waals surface area (Å²) in [4.78, 5) is 5.71. The summed E-state index contributed by atoms with van der Waals surface area (Å²) in [6, 6.07) is 10.4. The van der Waals surface area contributed by atoms with Crippen molar-refractivity contribution in [3.8, 4) is 0 Å². The van der Waals surface area contributed by atoms with Gasteiger partial charge in [-0.15, -0.1) is 0 Å². The van der Waals surface area contributed by atoms with Crippen LogP contribution in [0.2, 0.25) is 0 Å². The van der Waals surface area contributed by atoms with Crippen LogP contribution in [0.5, 0.6) is 0 Å². The van der Waals surface area contributed by atoms with Crippen molar-refractivity contribution in [1.29, 1.82) is 0 Å². The lowest BCUT2D eigenvalue weighted by atomic mass is 10.2. The van der Waals surface area contributed by atoms with Crippen LogP contribution in [0.1, 0.15) is 11.1 Å². The molecule has 2 N–H and O–H groups in total. The van der Waals surface area contributed by atoms with Crippen LogP contribution < -0.4 is 5.73 Å². The maximum atomic E-state index is 5.55. The maximum Gasteiger partial charge on any atom is 0.104 e. The van der Waals surface area contributed by atoms with Crippen molar-refractivity contribution < 1.29 is 0 Å². The molecule has 0 amide bonds. The lowest BCUT2D eigenvalue weighted by molar-refractivity contribution is 0.935. The van der Waals surface area contributed by atoms with Crippen molar-refractivity contribution in [2.75, 3.05) is 6.54 Å². The average molecular weight is 323 g/mol. The lowest BCUT2D eigenvalue weighted by Crippen LogP contribution is -2.03. The maximum absolute atomic E-state index is 5.55. The summed E-state index contributed by atoms with van der Waals surface area (Å²) < 4.78 is 1.09. The smallest absolute Gasteiger partial charge is 0.104 e. The van der Waals surface area contributed by atoms with Gasteiger partial charge in [-0.1, -0.05) is 33.8 Å². The molecule has 0 spiro atoms. The predicted molar refractivity (Wildman–Crippen MR) is 80.0 cm³/mol. The molecule has 1 aromatic carbocycles.